The second kappa shape index (κ2) is 6.72. The molecule has 0 aromatic heterocycles. The van der Waals surface area contributed by atoms with Crippen LogP contribution in [0.1, 0.15) is 19.8 Å². The van der Waals surface area contributed by atoms with Crippen molar-refractivity contribution in [3.63, 3.8) is 0 Å². The van der Waals surface area contributed by atoms with Crippen molar-refractivity contribution in [2.24, 2.45) is 0 Å². The Hall–Kier alpha value is -1.18. The van der Waals surface area contributed by atoms with Crippen LogP contribution in [0.2, 0.25) is 0 Å². The summed E-state index contributed by atoms with van der Waals surface area (Å²) in [5, 5.41) is 3.20. The monoisotopic (exact) mass is 316 g/mol. The maximum absolute atomic E-state index is 13.8. The highest BCUT2D eigenvalue weighted by Crippen LogP contribution is 2.25. The average molecular weight is 316 g/mol. The molecule has 0 spiro atoms. The van der Waals surface area contributed by atoms with Gasteiger partial charge in [0, 0.05) is 19.1 Å². The lowest BCUT2D eigenvalue weighted by Crippen LogP contribution is -2.48. The number of sulfonamides is 1. The van der Waals surface area contributed by atoms with Crippen LogP contribution in [0.25, 0.3) is 0 Å². The van der Waals surface area contributed by atoms with E-state index in [0.29, 0.717) is 13.1 Å². The van der Waals surface area contributed by atoms with Gasteiger partial charge >= 0.3 is 0 Å². The average Bonchev–Trinajstić information content (AvgIpc) is 2.48. The summed E-state index contributed by atoms with van der Waals surface area (Å²) in [6, 6.07) is 3.66. The molecule has 1 aromatic rings. The van der Waals surface area contributed by atoms with Crippen LogP contribution < -0.4 is 10.1 Å². The number of piperidine rings is 1. The van der Waals surface area contributed by atoms with Gasteiger partial charge < -0.3 is 10.1 Å². The molecule has 118 valence electrons. The van der Waals surface area contributed by atoms with E-state index in [4.69, 9.17) is 4.74 Å². The van der Waals surface area contributed by atoms with Crippen LogP contribution in [0.3, 0.4) is 0 Å². The van der Waals surface area contributed by atoms with Crippen LogP contribution in [0.5, 0.6) is 5.75 Å². The van der Waals surface area contributed by atoms with E-state index >= 15 is 0 Å². The highest BCUT2D eigenvalue weighted by Gasteiger charge is 2.31. The van der Waals surface area contributed by atoms with Gasteiger partial charge in [0.1, 0.15) is 0 Å². The van der Waals surface area contributed by atoms with E-state index in [0.717, 1.165) is 25.5 Å². The minimum Gasteiger partial charge on any atom is -0.494 e. The summed E-state index contributed by atoms with van der Waals surface area (Å²) < 4.78 is 45.4. The van der Waals surface area contributed by atoms with Crippen LogP contribution in [-0.4, -0.2) is 45.5 Å². The summed E-state index contributed by atoms with van der Waals surface area (Å²) in [6.07, 6.45) is 1.76. The molecule has 1 aliphatic heterocycles. The molecule has 1 saturated heterocycles. The highest BCUT2D eigenvalue weighted by atomic mass is 32.2. The second-order valence-electron chi connectivity index (χ2n) is 5.00. The number of ether oxygens (including phenoxy) is 1. The number of methoxy groups -OCH3 is 1. The Balaban J connectivity index is 2.32. The lowest BCUT2D eigenvalue weighted by atomic mass is 10.1. The minimum atomic E-state index is -3.70. The SMILES string of the molecule is CCN(C1CCCNC1)S(=O)(=O)c1ccc(OC)c(F)c1. The third kappa shape index (κ3) is 3.36. The molecule has 1 heterocycles. The third-order valence-electron chi connectivity index (χ3n) is 3.72. The van der Waals surface area contributed by atoms with Gasteiger partial charge in [-0.15, -0.1) is 0 Å². The molecule has 5 nitrogen and oxygen atoms in total. The number of nitrogens with one attached hydrogen (secondary N) is 1. The Morgan fingerprint density at radius 3 is 2.76 bits per heavy atom. The van der Waals surface area contributed by atoms with Gasteiger partial charge in [0.2, 0.25) is 10.0 Å². The molecule has 0 radical (unpaired) electrons. The van der Waals surface area contributed by atoms with Crippen molar-refractivity contribution in [1.82, 2.24) is 9.62 Å². The molecule has 1 fully saturated rings. The molecular weight excluding hydrogens is 295 g/mol. The smallest absolute Gasteiger partial charge is 0.243 e. The Labute approximate surface area is 125 Å². The standard InChI is InChI=1S/C14H21FN2O3S/c1-3-17(11-5-4-8-16-10-11)21(18,19)12-6-7-14(20-2)13(15)9-12/h6-7,9,11,16H,3-5,8,10H2,1-2H3. The lowest BCUT2D eigenvalue weighted by Gasteiger charge is -2.33. The van der Waals surface area contributed by atoms with E-state index < -0.39 is 15.8 Å². The third-order valence-corrected chi connectivity index (χ3v) is 5.74. The van der Waals surface area contributed by atoms with Crippen molar-refractivity contribution in [3.05, 3.63) is 24.0 Å². The number of likely N-dealkylation sites (N-methyl/N-ethyl adjacent to an activating group) is 1. The predicted molar refractivity (Wildman–Crippen MR) is 78.4 cm³/mol. The van der Waals surface area contributed by atoms with E-state index in [1.807, 2.05) is 0 Å². The van der Waals surface area contributed by atoms with Crippen LogP contribution in [0, 0.1) is 5.82 Å². The summed E-state index contributed by atoms with van der Waals surface area (Å²) in [5.74, 6) is -0.632. The number of benzene rings is 1. The van der Waals surface area contributed by atoms with Crippen LogP contribution >= 0.6 is 0 Å². The summed E-state index contributed by atoms with van der Waals surface area (Å²) in [6.45, 7) is 3.70. The van der Waals surface area contributed by atoms with Crippen molar-refractivity contribution in [2.75, 3.05) is 26.7 Å². The van der Waals surface area contributed by atoms with Gasteiger partial charge in [-0.05, 0) is 37.6 Å². The first kappa shape index (κ1) is 16.2. The van der Waals surface area contributed by atoms with E-state index in [1.165, 1.54) is 23.5 Å². The molecule has 1 N–H and O–H groups in total. The molecule has 21 heavy (non-hydrogen) atoms. The molecule has 1 unspecified atom stereocenters. The summed E-state index contributed by atoms with van der Waals surface area (Å²) in [4.78, 5) is -0.0341. The van der Waals surface area contributed by atoms with Gasteiger partial charge in [0.25, 0.3) is 0 Å². The van der Waals surface area contributed by atoms with E-state index in [9.17, 15) is 12.8 Å². The van der Waals surface area contributed by atoms with Gasteiger partial charge in [0.15, 0.2) is 11.6 Å². The predicted octanol–water partition coefficient (Wildman–Crippen LogP) is 1.60. The maximum atomic E-state index is 13.8. The first-order valence-corrected chi connectivity index (χ1v) is 8.50. The van der Waals surface area contributed by atoms with Crippen molar-refractivity contribution in [2.45, 2.75) is 30.7 Å². The quantitative estimate of drug-likeness (QED) is 0.896. The molecule has 7 heteroatoms. The topological polar surface area (TPSA) is 58.6 Å². The fourth-order valence-electron chi connectivity index (χ4n) is 2.65. The van der Waals surface area contributed by atoms with E-state index in [-0.39, 0.29) is 16.7 Å². The molecule has 0 bridgehead atoms. The zero-order valence-electron chi connectivity index (χ0n) is 12.3. The van der Waals surface area contributed by atoms with Crippen molar-refractivity contribution < 1.29 is 17.5 Å². The van der Waals surface area contributed by atoms with Crippen molar-refractivity contribution >= 4 is 10.0 Å². The molecule has 1 aliphatic rings. The molecule has 0 amide bonds. The summed E-state index contributed by atoms with van der Waals surface area (Å²) in [7, 11) is -2.35. The highest BCUT2D eigenvalue weighted by molar-refractivity contribution is 7.89. The van der Waals surface area contributed by atoms with Gasteiger partial charge in [-0.1, -0.05) is 6.92 Å². The zero-order chi connectivity index (χ0) is 15.5. The lowest BCUT2D eigenvalue weighted by molar-refractivity contribution is 0.274. The molecule has 1 aromatic carbocycles. The fourth-order valence-corrected chi connectivity index (χ4v) is 4.32. The van der Waals surface area contributed by atoms with Crippen LogP contribution in [-0.2, 0) is 10.0 Å². The minimum absolute atomic E-state index is 0.0341. The van der Waals surface area contributed by atoms with Crippen LogP contribution in [0.4, 0.5) is 4.39 Å². The Morgan fingerprint density at radius 1 is 1.48 bits per heavy atom. The summed E-state index contributed by atoms with van der Waals surface area (Å²) in [5.41, 5.74) is 0. The largest absolute Gasteiger partial charge is 0.494 e. The second-order valence-corrected chi connectivity index (χ2v) is 6.90. The van der Waals surface area contributed by atoms with Gasteiger partial charge in [-0.2, -0.15) is 4.31 Å². The molecule has 2 rings (SSSR count). The molecule has 0 aliphatic carbocycles. The Bertz CT molecular complexity index is 586. The zero-order valence-corrected chi connectivity index (χ0v) is 13.1. The van der Waals surface area contributed by atoms with Gasteiger partial charge in [-0.3, -0.25) is 0 Å². The fraction of sp³-hybridized carbons (Fsp3) is 0.571. The molecular formula is C14H21FN2O3S. The normalized spacial score (nSPS) is 19.7. The van der Waals surface area contributed by atoms with Crippen molar-refractivity contribution in [3.8, 4) is 5.75 Å². The maximum Gasteiger partial charge on any atom is 0.243 e. The first-order chi connectivity index (χ1) is 10.0. The number of rotatable bonds is 5. The Kier molecular flexibility index (Phi) is 5.18. The first-order valence-electron chi connectivity index (χ1n) is 7.06. The number of hydrogen-bond donors (Lipinski definition) is 1. The number of hydrogen-bond acceptors (Lipinski definition) is 4. The number of nitrogens with zero attached hydrogens (tertiary/aromatic N) is 1. The molecule has 0 saturated carbocycles. The van der Waals surface area contributed by atoms with Gasteiger partial charge in [-0.25, -0.2) is 12.8 Å². The molecule has 1 atom stereocenters. The number of halogens is 1. The summed E-state index contributed by atoms with van der Waals surface area (Å²) >= 11 is 0. The van der Waals surface area contributed by atoms with Gasteiger partial charge in [0.05, 0.1) is 12.0 Å². The van der Waals surface area contributed by atoms with E-state index in [1.54, 1.807) is 6.92 Å². The Morgan fingerprint density at radius 2 is 2.24 bits per heavy atom. The van der Waals surface area contributed by atoms with Crippen LogP contribution in [0.15, 0.2) is 23.1 Å². The van der Waals surface area contributed by atoms with E-state index in [2.05, 4.69) is 5.32 Å². The van der Waals surface area contributed by atoms with Crippen molar-refractivity contribution in [1.29, 1.82) is 0 Å².